The lowest BCUT2D eigenvalue weighted by Gasteiger charge is -2.23. The second-order valence-electron chi connectivity index (χ2n) is 6.39. The van der Waals surface area contributed by atoms with Crippen LogP contribution in [0.15, 0.2) is 0 Å². The van der Waals surface area contributed by atoms with Gasteiger partial charge >= 0.3 is 0 Å². The van der Waals surface area contributed by atoms with Crippen LogP contribution >= 0.6 is 0 Å². The van der Waals surface area contributed by atoms with E-state index in [-0.39, 0.29) is 17.9 Å². The van der Waals surface area contributed by atoms with E-state index in [1.54, 1.807) is 0 Å². The van der Waals surface area contributed by atoms with Crippen molar-refractivity contribution in [2.75, 3.05) is 19.8 Å². The highest BCUT2D eigenvalue weighted by Gasteiger charge is 2.30. The SMILES string of the molecule is CC(=O)NC(C(=O)NCCCOCC1CC1)C1CCCC1. The number of amides is 2. The fourth-order valence-electron chi connectivity index (χ4n) is 2.94. The molecule has 2 N–H and O–H groups in total. The average molecular weight is 296 g/mol. The minimum Gasteiger partial charge on any atom is -0.381 e. The summed E-state index contributed by atoms with van der Waals surface area (Å²) in [5.74, 6) is 0.903. The van der Waals surface area contributed by atoms with Crippen molar-refractivity contribution in [3.05, 3.63) is 0 Å². The normalized spacial score (nSPS) is 20.2. The van der Waals surface area contributed by atoms with E-state index in [1.807, 2.05) is 0 Å². The van der Waals surface area contributed by atoms with E-state index < -0.39 is 0 Å². The Morgan fingerprint density at radius 1 is 1.19 bits per heavy atom. The maximum atomic E-state index is 12.3. The quantitative estimate of drug-likeness (QED) is 0.635. The molecule has 0 radical (unpaired) electrons. The van der Waals surface area contributed by atoms with Gasteiger partial charge in [-0.2, -0.15) is 0 Å². The van der Waals surface area contributed by atoms with Crippen molar-refractivity contribution in [2.24, 2.45) is 11.8 Å². The number of hydrogen-bond donors (Lipinski definition) is 2. The van der Waals surface area contributed by atoms with Crippen molar-refractivity contribution in [2.45, 2.75) is 57.9 Å². The molecule has 1 atom stereocenters. The average Bonchev–Trinajstić information content (AvgIpc) is 3.11. The van der Waals surface area contributed by atoms with Gasteiger partial charge in [-0.25, -0.2) is 0 Å². The predicted molar refractivity (Wildman–Crippen MR) is 80.7 cm³/mol. The van der Waals surface area contributed by atoms with Crippen molar-refractivity contribution < 1.29 is 14.3 Å². The Labute approximate surface area is 127 Å². The zero-order valence-corrected chi connectivity index (χ0v) is 13.0. The third-order valence-electron chi connectivity index (χ3n) is 4.33. The Kier molecular flexibility index (Phi) is 6.49. The standard InChI is InChI=1S/C16H28N2O3/c1-12(19)18-15(14-5-2-3-6-14)16(20)17-9-4-10-21-11-13-7-8-13/h13-15H,2-11H2,1H3,(H,17,20)(H,18,19). The second-order valence-corrected chi connectivity index (χ2v) is 6.39. The first-order valence-electron chi connectivity index (χ1n) is 8.29. The first-order chi connectivity index (χ1) is 10.2. The Morgan fingerprint density at radius 3 is 2.52 bits per heavy atom. The van der Waals surface area contributed by atoms with E-state index in [2.05, 4.69) is 10.6 Å². The highest BCUT2D eigenvalue weighted by atomic mass is 16.5. The summed E-state index contributed by atoms with van der Waals surface area (Å²) in [4.78, 5) is 23.5. The number of nitrogens with one attached hydrogen (secondary N) is 2. The summed E-state index contributed by atoms with van der Waals surface area (Å²) in [5, 5.41) is 5.75. The summed E-state index contributed by atoms with van der Waals surface area (Å²) in [5.41, 5.74) is 0. The van der Waals surface area contributed by atoms with Gasteiger partial charge in [-0.15, -0.1) is 0 Å². The molecule has 2 saturated carbocycles. The maximum Gasteiger partial charge on any atom is 0.242 e. The molecule has 0 saturated heterocycles. The summed E-state index contributed by atoms with van der Waals surface area (Å²) in [7, 11) is 0. The van der Waals surface area contributed by atoms with Crippen molar-refractivity contribution in [1.29, 1.82) is 0 Å². The minimum absolute atomic E-state index is 0.0423. The molecule has 0 aromatic heterocycles. The highest BCUT2D eigenvalue weighted by Crippen LogP contribution is 2.29. The molecule has 2 aliphatic rings. The lowest BCUT2D eigenvalue weighted by molar-refractivity contribution is -0.129. The van der Waals surface area contributed by atoms with Gasteiger partial charge < -0.3 is 15.4 Å². The monoisotopic (exact) mass is 296 g/mol. The second kappa shape index (κ2) is 8.37. The summed E-state index contributed by atoms with van der Waals surface area (Å²) in [6.07, 6.45) is 7.81. The van der Waals surface area contributed by atoms with Crippen LogP contribution in [0.1, 0.15) is 51.9 Å². The fraction of sp³-hybridized carbons (Fsp3) is 0.875. The Bertz CT molecular complexity index is 349. The van der Waals surface area contributed by atoms with Crippen LogP contribution in [0.4, 0.5) is 0 Å². The van der Waals surface area contributed by atoms with Crippen LogP contribution in [0, 0.1) is 11.8 Å². The van der Waals surface area contributed by atoms with Gasteiger partial charge in [-0.1, -0.05) is 12.8 Å². The summed E-state index contributed by atoms with van der Waals surface area (Å²) < 4.78 is 5.54. The molecule has 2 rings (SSSR count). The molecule has 2 aliphatic carbocycles. The van der Waals surface area contributed by atoms with Gasteiger partial charge in [0, 0.05) is 26.7 Å². The summed E-state index contributed by atoms with van der Waals surface area (Å²) in [6.45, 7) is 3.66. The van der Waals surface area contributed by atoms with Gasteiger partial charge in [0.05, 0.1) is 0 Å². The minimum atomic E-state index is -0.364. The van der Waals surface area contributed by atoms with Crippen LogP contribution in [-0.2, 0) is 14.3 Å². The Hall–Kier alpha value is -1.10. The zero-order chi connectivity index (χ0) is 15.1. The van der Waals surface area contributed by atoms with E-state index in [0.29, 0.717) is 19.1 Å². The fourth-order valence-corrected chi connectivity index (χ4v) is 2.94. The molecule has 5 heteroatoms. The van der Waals surface area contributed by atoms with Crippen LogP contribution in [0.25, 0.3) is 0 Å². The first-order valence-corrected chi connectivity index (χ1v) is 8.29. The van der Waals surface area contributed by atoms with Gasteiger partial charge in [0.1, 0.15) is 6.04 Å². The molecule has 0 bridgehead atoms. The van der Waals surface area contributed by atoms with Crippen molar-refractivity contribution >= 4 is 11.8 Å². The molecule has 0 aliphatic heterocycles. The van der Waals surface area contributed by atoms with E-state index in [4.69, 9.17) is 4.74 Å². The van der Waals surface area contributed by atoms with Crippen molar-refractivity contribution in [3.63, 3.8) is 0 Å². The Morgan fingerprint density at radius 2 is 1.90 bits per heavy atom. The third kappa shape index (κ3) is 6.04. The molecule has 1 unspecified atom stereocenters. The van der Waals surface area contributed by atoms with Gasteiger partial charge in [0.25, 0.3) is 0 Å². The molecular formula is C16H28N2O3. The summed E-state index contributed by atoms with van der Waals surface area (Å²) in [6, 6.07) is -0.364. The molecule has 5 nitrogen and oxygen atoms in total. The van der Waals surface area contributed by atoms with Crippen molar-refractivity contribution in [3.8, 4) is 0 Å². The van der Waals surface area contributed by atoms with Gasteiger partial charge in [-0.05, 0) is 43.9 Å². The third-order valence-corrected chi connectivity index (χ3v) is 4.33. The molecule has 0 aromatic carbocycles. The molecule has 0 heterocycles. The number of rotatable bonds is 9. The van der Waals surface area contributed by atoms with Gasteiger partial charge in [0.15, 0.2) is 0 Å². The molecular weight excluding hydrogens is 268 g/mol. The van der Waals surface area contributed by atoms with Crippen molar-refractivity contribution in [1.82, 2.24) is 10.6 Å². The smallest absolute Gasteiger partial charge is 0.242 e. The molecule has 120 valence electrons. The van der Waals surface area contributed by atoms with E-state index >= 15 is 0 Å². The van der Waals surface area contributed by atoms with E-state index in [0.717, 1.165) is 44.6 Å². The highest BCUT2D eigenvalue weighted by molar-refractivity contribution is 5.87. The Balaban J connectivity index is 1.63. The predicted octanol–water partition coefficient (Wildman–Crippen LogP) is 1.61. The molecule has 21 heavy (non-hydrogen) atoms. The number of carbonyl (C=O) groups is 2. The first kappa shape index (κ1) is 16.3. The topological polar surface area (TPSA) is 67.4 Å². The summed E-state index contributed by atoms with van der Waals surface area (Å²) >= 11 is 0. The maximum absolute atomic E-state index is 12.3. The largest absolute Gasteiger partial charge is 0.381 e. The molecule has 0 aromatic rings. The van der Waals surface area contributed by atoms with E-state index in [1.165, 1.54) is 19.8 Å². The van der Waals surface area contributed by atoms with Gasteiger partial charge in [-0.3, -0.25) is 9.59 Å². The van der Waals surface area contributed by atoms with Crippen LogP contribution in [-0.4, -0.2) is 37.6 Å². The molecule has 2 amide bonds. The van der Waals surface area contributed by atoms with E-state index in [9.17, 15) is 9.59 Å². The number of hydrogen-bond acceptors (Lipinski definition) is 3. The lowest BCUT2D eigenvalue weighted by Crippen LogP contribution is -2.50. The van der Waals surface area contributed by atoms with Crippen LogP contribution in [0.2, 0.25) is 0 Å². The zero-order valence-electron chi connectivity index (χ0n) is 13.0. The van der Waals surface area contributed by atoms with Crippen LogP contribution < -0.4 is 10.6 Å². The molecule has 2 fully saturated rings. The van der Waals surface area contributed by atoms with Crippen LogP contribution in [0.5, 0.6) is 0 Å². The number of carbonyl (C=O) groups excluding carboxylic acids is 2. The molecule has 0 spiro atoms. The number of ether oxygens (including phenoxy) is 1. The van der Waals surface area contributed by atoms with Crippen LogP contribution in [0.3, 0.4) is 0 Å². The lowest BCUT2D eigenvalue weighted by atomic mass is 9.97. The van der Waals surface area contributed by atoms with Gasteiger partial charge in [0.2, 0.25) is 11.8 Å².